The van der Waals surface area contributed by atoms with Gasteiger partial charge in [0.2, 0.25) is 0 Å². The van der Waals surface area contributed by atoms with Crippen molar-refractivity contribution in [3.05, 3.63) is 36.0 Å². The Hall–Kier alpha value is -1.61. The lowest BCUT2D eigenvalue weighted by Gasteiger charge is -2.21. The molecule has 3 heteroatoms. The Bertz CT molecular complexity index is 576. The summed E-state index contributed by atoms with van der Waals surface area (Å²) in [5, 5.41) is 1.02. The fourth-order valence-corrected chi connectivity index (χ4v) is 3.06. The fourth-order valence-electron chi connectivity index (χ4n) is 3.06. The van der Waals surface area contributed by atoms with Gasteiger partial charge in [-0.2, -0.15) is 0 Å². The second-order valence-electron chi connectivity index (χ2n) is 5.73. The van der Waals surface area contributed by atoms with Crippen molar-refractivity contribution in [1.82, 2.24) is 4.98 Å². The first-order valence-corrected chi connectivity index (χ1v) is 7.54. The Morgan fingerprint density at radius 1 is 1.15 bits per heavy atom. The molecule has 1 aliphatic carbocycles. The molecular formula is C17H22N2O. The third kappa shape index (κ3) is 2.93. The van der Waals surface area contributed by atoms with Crippen LogP contribution in [0.5, 0.6) is 0 Å². The molecule has 1 heterocycles. The predicted molar refractivity (Wildman–Crippen MR) is 82.4 cm³/mol. The molecule has 2 aromatic rings. The monoisotopic (exact) mass is 270 g/mol. The van der Waals surface area contributed by atoms with E-state index in [1.54, 1.807) is 0 Å². The number of nitrogens with two attached hydrogens (primary N) is 1. The van der Waals surface area contributed by atoms with Gasteiger partial charge in [-0.1, -0.05) is 25.3 Å². The zero-order valence-electron chi connectivity index (χ0n) is 11.8. The van der Waals surface area contributed by atoms with Crippen LogP contribution in [-0.4, -0.2) is 11.6 Å². The van der Waals surface area contributed by atoms with Crippen LogP contribution in [0, 0.1) is 5.92 Å². The second-order valence-corrected chi connectivity index (χ2v) is 5.73. The number of nitrogens with zero attached hydrogens (tertiary/aromatic N) is 1. The summed E-state index contributed by atoms with van der Waals surface area (Å²) in [5.41, 5.74) is 8.87. The molecule has 2 N–H and O–H groups in total. The molecule has 0 spiro atoms. The molecule has 0 atom stereocenters. The van der Waals surface area contributed by atoms with E-state index in [-0.39, 0.29) is 0 Å². The molecule has 1 aliphatic rings. The van der Waals surface area contributed by atoms with Gasteiger partial charge in [0.25, 0.3) is 0 Å². The SMILES string of the molecule is Nc1ccc(COCC2CCCCC2)c2ncccc12. The number of nitrogen functional groups attached to an aromatic ring is 1. The molecule has 3 nitrogen and oxygen atoms in total. The summed E-state index contributed by atoms with van der Waals surface area (Å²) < 4.78 is 5.93. The summed E-state index contributed by atoms with van der Waals surface area (Å²) in [4.78, 5) is 4.45. The quantitative estimate of drug-likeness (QED) is 0.857. The van der Waals surface area contributed by atoms with Gasteiger partial charge in [0, 0.05) is 29.4 Å². The Labute approximate surface area is 120 Å². The Morgan fingerprint density at radius 3 is 2.85 bits per heavy atom. The van der Waals surface area contributed by atoms with Gasteiger partial charge in [0.1, 0.15) is 0 Å². The average Bonchev–Trinajstić information content (AvgIpc) is 2.51. The Morgan fingerprint density at radius 2 is 2.00 bits per heavy atom. The Balaban J connectivity index is 1.67. The van der Waals surface area contributed by atoms with Crippen LogP contribution in [0.15, 0.2) is 30.5 Å². The maximum Gasteiger partial charge on any atom is 0.0777 e. The molecule has 0 radical (unpaired) electrons. The van der Waals surface area contributed by atoms with Crippen LogP contribution >= 0.6 is 0 Å². The van der Waals surface area contributed by atoms with Gasteiger partial charge in [-0.05, 0) is 37.0 Å². The fraction of sp³-hybridized carbons (Fsp3) is 0.471. The van der Waals surface area contributed by atoms with Gasteiger partial charge >= 0.3 is 0 Å². The summed E-state index contributed by atoms with van der Waals surface area (Å²) in [7, 11) is 0. The van der Waals surface area contributed by atoms with Gasteiger partial charge in [0.15, 0.2) is 0 Å². The van der Waals surface area contributed by atoms with Crippen LogP contribution in [-0.2, 0) is 11.3 Å². The minimum atomic E-state index is 0.629. The first kappa shape index (κ1) is 13.4. The lowest BCUT2D eigenvalue weighted by Crippen LogP contribution is -2.13. The summed E-state index contributed by atoms with van der Waals surface area (Å²) in [6.45, 7) is 1.50. The molecule has 3 rings (SSSR count). The minimum absolute atomic E-state index is 0.629. The topological polar surface area (TPSA) is 48.1 Å². The zero-order valence-corrected chi connectivity index (χ0v) is 11.8. The maximum atomic E-state index is 5.99. The molecule has 0 saturated heterocycles. The summed E-state index contributed by atoms with van der Waals surface area (Å²) in [6.07, 6.45) is 8.57. The molecular weight excluding hydrogens is 248 g/mol. The molecule has 0 unspecified atom stereocenters. The average molecular weight is 270 g/mol. The number of aromatic nitrogens is 1. The van der Waals surface area contributed by atoms with E-state index in [0.29, 0.717) is 6.61 Å². The number of benzene rings is 1. The summed E-state index contributed by atoms with van der Waals surface area (Å²) in [5.74, 6) is 0.747. The highest BCUT2D eigenvalue weighted by molar-refractivity contribution is 5.92. The maximum absolute atomic E-state index is 5.99. The molecule has 1 fully saturated rings. The van der Waals surface area contributed by atoms with Crippen molar-refractivity contribution in [2.24, 2.45) is 5.92 Å². The van der Waals surface area contributed by atoms with Crippen molar-refractivity contribution in [2.75, 3.05) is 12.3 Å². The molecule has 20 heavy (non-hydrogen) atoms. The van der Waals surface area contributed by atoms with Gasteiger partial charge < -0.3 is 10.5 Å². The highest BCUT2D eigenvalue weighted by atomic mass is 16.5. The summed E-state index contributed by atoms with van der Waals surface area (Å²) in [6, 6.07) is 7.92. The van der Waals surface area contributed by atoms with E-state index in [9.17, 15) is 0 Å². The first-order chi connectivity index (χ1) is 9.84. The molecule has 0 amide bonds. The number of pyridine rings is 1. The van der Waals surface area contributed by atoms with Crippen molar-refractivity contribution in [3.8, 4) is 0 Å². The number of hydrogen-bond donors (Lipinski definition) is 1. The molecule has 1 aromatic carbocycles. The first-order valence-electron chi connectivity index (χ1n) is 7.54. The molecule has 1 aromatic heterocycles. The van der Waals surface area contributed by atoms with E-state index in [4.69, 9.17) is 10.5 Å². The van der Waals surface area contributed by atoms with Crippen LogP contribution < -0.4 is 5.73 Å². The van der Waals surface area contributed by atoms with Gasteiger partial charge in [-0.25, -0.2) is 0 Å². The van der Waals surface area contributed by atoms with E-state index in [1.807, 2.05) is 30.5 Å². The molecule has 0 aliphatic heterocycles. The third-order valence-corrected chi connectivity index (χ3v) is 4.22. The van der Waals surface area contributed by atoms with Crippen LogP contribution in [0.3, 0.4) is 0 Å². The van der Waals surface area contributed by atoms with Crippen LogP contribution in [0.2, 0.25) is 0 Å². The predicted octanol–water partition coefficient (Wildman–Crippen LogP) is 3.91. The Kier molecular flexibility index (Phi) is 4.16. The highest BCUT2D eigenvalue weighted by Gasteiger charge is 2.13. The van der Waals surface area contributed by atoms with E-state index in [0.717, 1.165) is 34.7 Å². The number of fused-ring (bicyclic) bond motifs is 1. The van der Waals surface area contributed by atoms with Gasteiger partial charge in [-0.3, -0.25) is 4.98 Å². The van der Waals surface area contributed by atoms with E-state index in [1.165, 1.54) is 32.1 Å². The molecule has 0 bridgehead atoms. The van der Waals surface area contributed by atoms with Crippen molar-refractivity contribution in [2.45, 2.75) is 38.7 Å². The van der Waals surface area contributed by atoms with Crippen LogP contribution in [0.25, 0.3) is 10.9 Å². The second kappa shape index (κ2) is 6.23. The largest absolute Gasteiger partial charge is 0.398 e. The minimum Gasteiger partial charge on any atom is -0.398 e. The number of hydrogen-bond acceptors (Lipinski definition) is 3. The van der Waals surface area contributed by atoms with E-state index in [2.05, 4.69) is 4.98 Å². The standard InChI is InChI=1S/C17H22N2O/c18-16-9-8-14(17-15(16)7-4-10-19-17)12-20-11-13-5-2-1-3-6-13/h4,7-10,13H,1-3,5-6,11-12,18H2. The van der Waals surface area contributed by atoms with Crippen LogP contribution in [0.1, 0.15) is 37.7 Å². The molecule has 1 saturated carbocycles. The lowest BCUT2D eigenvalue weighted by molar-refractivity contribution is 0.0745. The number of rotatable bonds is 4. The lowest BCUT2D eigenvalue weighted by atomic mass is 9.90. The smallest absolute Gasteiger partial charge is 0.0777 e. The van der Waals surface area contributed by atoms with Crippen molar-refractivity contribution in [1.29, 1.82) is 0 Å². The van der Waals surface area contributed by atoms with Gasteiger partial charge in [0.05, 0.1) is 12.1 Å². The zero-order chi connectivity index (χ0) is 13.8. The highest BCUT2D eigenvalue weighted by Crippen LogP contribution is 2.26. The number of anilines is 1. The van der Waals surface area contributed by atoms with E-state index < -0.39 is 0 Å². The van der Waals surface area contributed by atoms with E-state index >= 15 is 0 Å². The normalized spacial score (nSPS) is 16.6. The van der Waals surface area contributed by atoms with Gasteiger partial charge in [-0.15, -0.1) is 0 Å². The van der Waals surface area contributed by atoms with Crippen LogP contribution in [0.4, 0.5) is 5.69 Å². The third-order valence-electron chi connectivity index (χ3n) is 4.22. The van der Waals surface area contributed by atoms with Crippen molar-refractivity contribution in [3.63, 3.8) is 0 Å². The summed E-state index contributed by atoms with van der Waals surface area (Å²) >= 11 is 0. The number of ether oxygens (including phenoxy) is 1. The van der Waals surface area contributed by atoms with Crippen molar-refractivity contribution >= 4 is 16.6 Å². The molecule has 106 valence electrons. The van der Waals surface area contributed by atoms with Crippen molar-refractivity contribution < 1.29 is 4.74 Å².